The van der Waals surface area contributed by atoms with Crippen LogP contribution in [0, 0.1) is 5.92 Å². The van der Waals surface area contributed by atoms with Gasteiger partial charge in [-0.05, 0) is 22.9 Å². The Morgan fingerprint density at radius 3 is 2.37 bits per heavy atom. The number of esters is 1. The zero-order chi connectivity index (χ0) is 18.9. The molecule has 2 aromatic rings. The second-order valence-corrected chi connectivity index (χ2v) is 10.4. The van der Waals surface area contributed by atoms with Gasteiger partial charge in [-0.1, -0.05) is 28.1 Å². The fourth-order valence-electron chi connectivity index (χ4n) is 4.58. The lowest BCUT2D eigenvalue weighted by Crippen LogP contribution is -2.65. The van der Waals surface area contributed by atoms with E-state index in [4.69, 9.17) is 4.74 Å². The predicted octanol–water partition coefficient (Wildman–Crippen LogP) is 3.98. The van der Waals surface area contributed by atoms with Gasteiger partial charge < -0.3 is 14.3 Å². The maximum absolute atomic E-state index is 13.3. The maximum atomic E-state index is 13.3. The Bertz CT molecular complexity index is 720. The molecule has 0 amide bonds. The molecule has 3 aliphatic heterocycles. The van der Waals surface area contributed by atoms with Crippen molar-refractivity contribution in [2.24, 2.45) is 5.92 Å². The van der Waals surface area contributed by atoms with Gasteiger partial charge in [0.25, 0.3) is 0 Å². The monoisotopic (exact) mass is 470 g/mol. The molecular formula is C20H25BrNO3S2+. The standard InChI is InChI=1S/C20H25BrNO3S2/c21-8-3-9-22-10-6-15(7-11-22)16(14-22)25-19(23)20(24,17-4-1-12-26-17)18-5-2-13-27-18/h1-2,4-5,12-13,15-16,24H,3,6-11,14H2/q+1/t15?,16-,22?/m0/s1. The molecule has 2 bridgehead atoms. The average molecular weight is 471 g/mol. The molecule has 1 atom stereocenters. The molecule has 2 aromatic heterocycles. The number of carbonyl (C=O) groups excluding carboxylic acids is 1. The topological polar surface area (TPSA) is 46.5 Å². The van der Waals surface area contributed by atoms with Crippen LogP contribution in [-0.4, -0.2) is 53.2 Å². The molecule has 0 radical (unpaired) electrons. The minimum absolute atomic E-state index is 0.0956. The second-order valence-electron chi connectivity index (χ2n) is 7.68. The van der Waals surface area contributed by atoms with Crippen molar-refractivity contribution in [1.29, 1.82) is 0 Å². The first-order chi connectivity index (χ1) is 13.1. The number of hydrogen-bond donors (Lipinski definition) is 1. The molecule has 4 nitrogen and oxygen atoms in total. The molecule has 27 heavy (non-hydrogen) atoms. The molecule has 0 unspecified atom stereocenters. The number of nitrogens with zero attached hydrogens (tertiary/aromatic N) is 1. The lowest BCUT2D eigenvalue weighted by atomic mass is 9.83. The van der Waals surface area contributed by atoms with Gasteiger partial charge in [0.15, 0.2) is 6.10 Å². The van der Waals surface area contributed by atoms with Crippen molar-refractivity contribution < 1.29 is 19.1 Å². The highest BCUT2D eigenvalue weighted by Gasteiger charge is 2.50. The van der Waals surface area contributed by atoms with Crippen LogP contribution >= 0.6 is 38.6 Å². The Labute approximate surface area is 176 Å². The van der Waals surface area contributed by atoms with Crippen LogP contribution in [0.5, 0.6) is 0 Å². The van der Waals surface area contributed by atoms with Crippen LogP contribution in [-0.2, 0) is 15.1 Å². The van der Waals surface area contributed by atoms with Gasteiger partial charge in [-0.2, -0.15) is 0 Å². The molecule has 1 N–H and O–H groups in total. The number of hydrogen-bond acceptors (Lipinski definition) is 5. The Balaban J connectivity index is 1.55. The number of quaternary nitrogens is 1. The predicted molar refractivity (Wildman–Crippen MR) is 112 cm³/mol. The van der Waals surface area contributed by atoms with Gasteiger partial charge in [0.2, 0.25) is 5.60 Å². The lowest BCUT2D eigenvalue weighted by Gasteiger charge is -2.52. The van der Waals surface area contributed by atoms with Crippen LogP contribution in [0.2, 0.25) is 0 Å². The fraction of sp³-hybridized carbons (Fsp3) is 0.550. The van der Waals surface area contributed by atoms with Gasteiger partial charge in [-0.15, -0.1) is 22.7 Å². The highest BCUT2D eigenvalue weighted by atomic mass is 79.9. The number of carbonyl (C=O) groups is 1. The van der Waals surface area contributed by atoms with Crippen LogP contribution in [0.1, 0.15) is 29.0 Å². The molecule has 0 aliphatic carbocycles. The average Bonchev–Trinajstić information content (AvgIpc) is 3.41. The van der Waals surface area contributed by atoms with Crippen LogP contribution in [0.3, 0.4) is 0 Å². The smallest absolute Gasteiger partial charge is 0.349 e. The zero-order valence-corrected chi connectivity index (χ0v) is 18.4. The van der Waals surface area contributed by atoms with Crippen molar-refractivity contribution in [3.8, 4) is 0 Å². The van der Waals surface area contributed by atoms with Crippen molar-refractivity contribution in [3.63, 3.8) is 0 Å². The van der Waals surface area contributed by atoms with E-state index in [-0.39, 0.29) is 6.10 Å². The number of halogens is 1. The third-order valence-corrected chi connectivity index (χ3v) is 8.63. The summed E-state index contributed by atoms with van der Waals surface area (Å²) in [6.07, 6.45) is 3.26. The third-order valence-electron chi connectivity index (χ3n) is 6.12. The number of fused-ring (bicyclic) bond motifs is 3. The Hall–Kier alpha value is -0.730. The highest BCUT2D eigenvalue weighted by molar-refractivity contribution is 9.09. The summed E-state index contributed by atoms with van der Waals surface area (Å²) < 4.78 is 7.09. The maximum Gasteiger partial charge on any atom is 0.349 e. The van der Waals surface area contributed by atoms with Gasteiger partial charge in [0.05, 0.1) is 29.4 Å². The molecule has 0 spiro atoms. The van der Waals surface area contributed by atoms with E-state index in [0.717, 1.165) is 42.2 Å². The van der Waals surface area contributed by atoms with E-state index in [2.05, 4.69) is 15.9 Å². The molecular weight excluding hydrogens is 446 g/mol. The third kappa shape index (κ3) is 3.65. The quantitative estimate of drug-likeness (QED) is 0.378. The summed E-state index contributed by atoms with van der Waals surface area (Å²) in [5.41, 5.74) is -1.70. The second kappa shape index (κ2) is 7.95. The number of ether oxygens (including phenoxy) is 1. The van der Waals surface area contributed by atoms with E-state index in [1.165, 1.54) is 35.8 Å². The van der Waals surface area contributed by atoms with E-state index in [9.17, 15) is 9.90 Å². The zero-order valence-electron chi connectivity index (χ0n) is 15.2. The number of alkyl halides is 1. The van der Waals surface area contributed by atoms with Gasteiger partial charge in [0, 0.05) is 30.5 Å². The van der Waals surface area contributed by atoms with Crippen LogP contribution in [0.15, 0.2) is 35.0 Å². The van der Waals surface area contributed by atoms with E-state index in [1.54, 1.807) is 0 Å². The summed E-state index contributed by atoms with van der Waals surface area (Å²) in [5, 5.41) is 16.2. The van der Waals surface area contributed by atoms with Gasteiger partial charge in [-0.3, -0.25) is 0 Å². The molecule has 0 saturated carbocycles. The molecule has 3 saturated heterocycles. The Morgan fingerprint density at radius 2 is 1.85 bits per heavy atom. The first-order valence-corrected chi connectivity index (χ1v) is 12.4. The summed E-state index contributed by atoms with van der Waals surface area (Å²) in [6, 6.07) is 7.35. The number of aliphatic hydroxyl groups is 1. The van der Waals surface area contributed by atoms with Gasteiger partial charge in [-0.25, -0.2) is 4.79 Å². The van der Waals surface area contributed by atoms with Crippen molar-refractivity contribution >= 4 is 44.6 Å². The van der Waals surface area contributed by atoms with E-state index >= 15 is 0 Å². The van der Waals surface area contributed by atoms with Gasteiger partial charge in [0.1, 0.15) is 6.54 Å². The molecule has 7 heteroatoms. The number of rotatable bonds is 7. The van der Waals surface area contributed by atoms with Crippen molar-refractivity contribution in [2.45, 2.75) is 31.0 Å². The molecule has 146 valence electrons. The summed E-state index contributed by atoms with van der Waals surface area (Å²) in [7, 11) is 0. The Kier molecular flexibility index (Phi) is 5.77. The summed E-state index contributed by atoms with van der Waals surface area (Å²) in [5.74, 6) is -0.0985. The fourth-order valence-corrected chi connectivity index (χ4v) is 6.54. The molecule has 3 aliphatic rings. The van der Waals surface area contributed by atoms with E-state index in [1.807, 2.05) is 35.0 Å². The lowest BCUT2D eigenvalue weighted by molar-refractivity contribution is -0.946. The SMILES string of the molecule is O=C(O[C@H]1C[N+]2(CCCBr)CCC1CC2)C(O)(c1cccs1)c1cccs1. The van der Waals surface area contributed by atoms with Crippen LogP contribution < -0.4 is 0 Å². The van der Waals surface area contributed by atoms with E-state index in [0.29, 0.717) is 15.7 Å². The minimum Gasteiger partial charge on any atom is -0.453 e. The Morgan fingerprint density at radius 1 is 1.22 bits per heavy atom. The highest BCUT2D eigenvalue weighted by Crippen LogP contribution is 2.40. The first-order valence-electron chi connectivity index (χ1n) is 9.50. The largest absolute Gasteiger partial charge is 0.453 e. The van der Waals surface area contributed by atoms with Gasteiger partial charge >= 0.3 is 5.97 Å². The summed E-state index contributed by atoms with van der Waals surface area (Å²) >= 11 is 6.32. The number of piperidine rings is 3. The van der Waals surface area contributed by atoms with Crippen molar-refractivity contribution in [3.05, 3.63) is 44.8 Å². The first kappa shape index (κ1) is 19.6. The van der Waals surface area contributed by atoms with Crippen molar-refractivity contribution in [1.82, 2.24) is 0 Å². The molecule has 0 aromatic carbocycles. The summed E-state index contributed by atoms with van der Waals surface area (Å²) in [4.78, 5) is 14.5. The van der Waals surface area contributed by atoms with Crippen molar-refractivity contribution in [2.75, 3.05) is 31.5 Å². The molecule has 5 rings (SSSR count). The van der Waals surface area contributed by atoms with E-state index < -0.39 is 11.6 Å². The summed E-state index contributed by atoms with van der Waals surface area (Å²) in [6.45, 7) is 4.39. The number of thiophene rings is 2. The minimum atomic E-state index is -1.70. The normalized spacial score (nSPS) is 27.6. The van der Waals surface area contributed by atoms with Crippen LogP contribution in [0.25, 0.3) is 0 Å². The molecule has 5 heterocycles. The van der Waals surface area contributed by atoms with Crippen LogP contribution in [0.4, 0.5) is 0 Å². The molecule has 3 fully saturated rings.